The smallest absolute Gasteiger partial charge is 0.286 e. The van der Waals surface area contributed by atoms with Crippen LogP contribution in [0.15, 0.2) is 28.6 Å². The summed E-state index contributed by atoms with van der Waals surface area (Å²) in [6, 6.07) is 6.94. The van der Waals surface area contributed by atoms with Crippen molar-refractivity contribution in [3.05, 3.63) is 34.3 Å². The molecule has 0 radical (unpaired) electrons. The minimum Gasteiger partial charge on any atom is -0.353 e. The number of aromatic nitrogens is 2. The molecule has 6 nitrogen and oxygen atoms in total. The molecule has 9 heteroatoms. The quantitative estimate of drug-likeness (QED) is 0.763. The largest absolute Gasteiger partial charge is 0.353 e. The Morgan fingerprint density at radius 2 is 2.13 bits per heavy atom. The third kappa shape index (κ3) is 5.81. The molecule has 0 aliphatic heterocycles. The molecular formula is C14H15ClN4O2S2. The van der Waals surface area contributed by atoms with Gasteiger partial charge in [0, 0.05) is 16.8 Å². The summed E-state index contributed by atoms with van der Waals surface area (Å²) in [6.07, 6.45) is 0. The van der Waals surface area contributed by atoms with Crippen molar-refractivity contribution in [2.24, 2.45) is 0 Å². The Labute approximate surface area is 147 Å². The fourth-order valence-electron chi connectivity index (χ4n) is 1.60. The predicted octanol–water partition coefficient (Wildman–Crippen LogP) is 3.06. The van der Waals surface area contributed by atoms with Crippen LogP contribution in [0, 0.1) is 0 Å². The third-order valence-corrected chi connectivity index (χ3v) is 4.75. The second kappa shape index (κ2) is 8.28. The van der Waals surface area contributed by atoms with Crippen LogP contribution in [-0.4, -0.2) is 33.8 Å². The van der Waals surface area contributed by atoms with Crippen molar-refractivity contribution >= 4 is 52.2 Å². The van der Waals surface area contributed by atoms with E-state index in [1.54, 1.807) is 24.3 Å². The van der Waals surface area contributed by atoms with Crippen LogP contribution in [0.3, 0.4) is 0 Å². The minimum absolute atomic E-state index is 0.0786. The fourth-order valence-corrected chi connectivity index (χ4v) is 3.35. The van der Waals surface area contributed by atoms with Crippen LogP contribution in [0.4, 0.5) is 5.69 Å². The second-order valence-corrected chi connectivity index (χ2v) is 7.48. The van der Waals surface area contributed by atoms with Crippen molar-refractivity contribution in [2.45, 2.75) is 24.2 Å². The zero-order valence-corrected chi connectivity index (χ0v) is 14.9. The SMILES string of the molecule is CC(C)NC(=O)CSc1nnc(C(=O)Nc2cccc(Cl)c2)s1. The van der Waals surface area contributed by atoms with Gasteiger partial charge in [-0.05, 0) is 32.0 Å². The van der Waals surface area contributed by atoms with Crippen molar-refractivity contribution in [2.75, 3.05) is 11.1 Å². The molecule has 0 fully saturated rings. The number of carbonyl (C=O) groups is 2. The van der Waals surface area contributed by atoms with Crippen LogP contribution in [0.25, 0.3) is 0 Å². The summed E-state index contributed by atoms with van der Waals surface area (Å²) >= 11 is 8.26. The van der Waals surface area contributed by atoms with Gasteiger partial charge in [-0.3, -0.25) is 9.59 Å². The van der Waals surface area contributed by atoms with Gasteiger partial charge in [0.1, 0.15) is 0 Å². The first-order valence-corrected chi connectivity index (χ1v) is 8.94. The predicted molar refractivity (Wildman–Crippen MR) is 93.3 cm³/mol. The molecule has 2 amide bonds. The molecule has 0 unspecified atom stereocenters. The summed E-state index contributed by atoms with van der Waals surface area (Å²) in [4.78, 5) is 23.7. The highest BCUT2D eigenvalue weighted by Crippen LogP contribution is 2.23. The van der Waals surface area contributed by atoms with Gasteiger partial charge >= 0.3 is 0 Å². The molecule has 0 saturated heterocycles. The number of rotatable bonds is 6. The Bertz CT molecular complexity index is 706. The Balaban J connectivity index is 1.91. The maximum absolute atomic E-state index is 12.1. The van der Waals surface area contributed by atoms with Gasteiger partial charge in [-0.25, -0.2) is 0 Å². The number of halogens is 1. The average Bonchev–Trinajstić information content (AvgIpc) is 2.93. The Hall–Kier alpha value is -1.64. The first-order chi connectivity index (χ1) is 10.9. The van der Waals surface area contributed by atoms with Gasteiger partial charge in [0.05, 0.1) is 5.75 Å². The molecule has 2 N–H and O–H groups in total. The van der Waals surface area contributed by atoms with Crippen molar-refractivity contribution in [1.82, 2.24) is 15.5 Å². The summed E-state index contributed by atoms with van der Waals surface area (Å²) in [7, 11) is 0. The van der Waals surface area contributed by atoms with Crippen molar-refractivity contribution < 1.29 is 9.59 Å². The van der Waals surface area contributed by atoms with Crippen LogP contribution in [-0.2, 0) is 4.79 Å². The average molecular weight is 371 g/mol. The van der Waals surface area contributed by atoms with E-state index in [9.17, 15) is 9.59 Å². The topological polar surface area (TPSA) is 84.0 Å². The van der Waals surface area contributed by atoms with E-state index in [2.05, 4.69) is 20.8 Å². The maximum Gasteiger partial charge on any atom is 0.286 e. The van der Waals surface area contributed by atoms with Crippen molar-refractivity contribution in [1.29, 1.82) is 0 Å². The monoisotopic (exact) mass is 370 g/mol. The van der Waals surface area contributed by atoms with Gasteiger partial charge in [-0.2, -0.15) is 0 Å². The molecule has 0 aliphatic rings. The van der Waals surface area contributed by atoms with Gasteiger partial charge in [0.2, 0.25) is 10.9 Å². The molecule has 0 spiro atoms. The summed E-state index contributed by atoms with van der Waals surface area (Å²) in [5.41, 5.74) is 0.586. The lowest BCUT2D eigenvalue weighted by molar-refractivity contribution is -0.119. The number of hydrogen-bond donors (Lipinski definition) is 2. The molecule has 0 aliphatic carbocycles. The van der Waals surface area contributed by atoms with E-state index < -0.39 is 0 Å². The van der Waals surface area contributed by atoms with Crippen LogP contribution >= 0.6 is 34.7 Å². The molecular weight excluding hydrogens is 356 g/mol. The number of amides is 2. The first kappa shape index (κ1) is 17.7. The number of carbonyl (C=O) groups excluding carboxylic acids is 2. The van der Waals surface area contributed by atoms with Gasteiger partial charge in [0.25, 0.3) is 5.91 Å². The molecule has 0 saturated carbocycles. The molecule has 1 aromatic carbocycles. The lowest BCUT2D eigenvalue weighted by atomic mass is 10.3. The number of nitrogens with zero attached hydrogens (tertiary/aromatic N) is 2. The molecule has 0 bridgehead atoms. The highest BCUT2D eigenvalue weighted by Gasteiger charge is 2.14. The Morgan fingerprint density at radius 3 is 2.83 bits per heavy atom. The highest BCUT2D eigenvalue weighted by atomic mass is 35.5. The van der Waals surface area contributed by atoms with E-state index in [-0.39, 0.29) is 28.6 Å². The van der Waals surface area contributed by atoms with E-state index in [0.29, 0.717) is 15.0 Å². The summed E-state index contributed by atoms with van der Waals surface area (Å²) < 4.78 is 0.570. The lowest BCUT2D eigenvalue weighted by Gasteiger charge is -2.06. The lowest BCUT2D eigenvalue weighted by Crippen LogP contribution is -2.31. The van der Waals surface area contributed by atoms with Crippen LogP contribution in [0.2, 0.25) is 5.02 Å². The highest BCUT2D eigenvalue weighted by molar-refractivity contribution is 8.01. The standard InChI is InChI=1S/C14H15ClN4O2S2/c1-8(2)16-11(20)7-22-14-19-18-13(23-14)12(21)17-10-5-3-4-9(15)6-10/h3-6,8H,7H2,1-2H3,(H,16,20)(H,17,21). The minimum atomic E-state index is -0.358. The zero-order valence-electron chi connectivity index (χ0n) is 12.5. The molecule has 2 rings (SSSR count). The van der Waals surface area contributed by atoms with Crippen molar-refractivity contribution in [3.8, 4) is 0 Å². The zero-order chi connectivity index (χ0) is 16.8. The van der Waals surface area contributed by atoms with Crippen LogP contribution in [0.5, 0.6) is 0 Å². The number of benzene rings is 1. The van der Waals surface area contributed by atoms with Crippen LogP contribution < -0.4 is 10.6 Å². The summed E-state index contributed by atoms with van der Waals surface area (Å²) in [5, 5.41) is 14.0. The maximum atomic E-state index is 12.1. The number of thioether (sulfide) groups is 1. The van der Waals surface area contributed by atoms with E-state index in [1.165, 1.54) is 11.8 Å². The first-order valence-electron chi connectivity index (χ1n) is 6.76. The van der Waals surface area contributed by atoms with E-state index in [4.69, 9.17) is 11.6 Å². The molecule has 1 heterocycles. The van der Waals surface area contributed by atoms with Gasteiger partial charge < -0.3 is 10.6 Å². The summed E-state index contributed by atoms with van der Waals surface area (Å²) in [6.45, 7) is 3.79. The molecule has 23 heavy (non-hydrogen) atoms. The van der Waals surface area contributed by atoms with Crippen molar-refractivity contribution in [3.63, 3.8) is 0 Å². The van der Waals surface area contributed by atoms with Gasteiger partial charge in [-0.15, -0.1) is 10.2 Å². The fraction of sp³-hybridized carbons (Fsp3) is 0.286. The van der Waals surface area contributed by atoms with Gasteiger partial charge in [0.15, 0.2) is 4.34 Å². The molecule has 2 aromatic rings. The Kier molecular flexibility index (Phi) is 6.37. The second-order valence-electron chi connectivity index (χ2n) is 4.85. The van der Waals surface area contributed by atoms with E-state index in [0.717, 1.165) is 11.3 Å². The normalized spacial score (nSPS) is 10.6. The van der Waals surface area contributed by atoms with E-state index >= 15 is 0 Å². The third-order valence-electron chi connectivity index (χ3n) is 2.46. The molecule has 0 atom stereocenters. The van der Waals surface area contributed by atoms with Gasteiger partial charge in [-0.1, -0.05) is 40.8 Å². The number of nitrogens with one attached hydrogen (secondary N) is 2. The number of anilines is 1. The number of hydrogen-bond acceptors (Lipinski definition) is 6. The van der Waals surface area contributed by atoms with E-state index in [1.807, 2.05) is 13.8 Å². The molecule has 1 aromatic heterocycles. The van der Waals surface area contributed by atoms with Crippen LogP contribution in [0.1, 0.15) is 23.6 Å². The molecule has 122 valence electrons. The Morgan fingerprint density at radius 1 is 1.35 bits per heavy atom. The summed E-state index contributed by atoms with van der Waals surface area (Å²) in [5.74, 6) is -0.198.